The summed E-state index contributed by atoms with van der Waals surface area (Å²) in [7, 11) is -0.339. The van der Waals surface area contributed by atoms with Crippen LogP contribution in [0.2, 0.25) is 0 Å². The summed E-state index contributed by atoms with van der Waals surface area (Å²) >= 11 is 0. The van der Waals surface area contributed by atoms with Crippen molar-refractivity contribution in [3.63, 3.8) is 0 Å². The normalized spacial score (nSPS) is 11.8. The largest absolute Gasteiger partial charge is 0.383 e. The van der Waals surface area contributed by atoms with E-state index < -0.39 is 10.0 Å². The predicted octanol–water partition coefficient (Wildman–Crippen LogP) is 0.640. The van der Waals surface area contributed by atoms with Gasteiger partial charge in [-0.15, -0.1) is 5.10 Å². The van der Waals surface area contributed by atoms with Gasteiger partial charge in [-0.2, -0.15) is 0 Å². The van der Waals surface area contributed by atoms with Crippen molar-refractivity contribution in [3.8, 4) is 0 Å². The Bertz CT molecular complexity index is 635. The average Bonchev–Trinajstić information content (AvgIpc) is 2.92. The Labute approximate surface area is 118 Å². The zero-order chi connectivity index (χ0) is 14.6. The van der Waals surface area contributed by atoms with Crippen LogP contribution in [0.25, 0.3) is 0 Å². The van der Waals surface area contributed by atoms with Gasteiger partial charge >= 0.3 is 0 Å². The molecule has 0 unspecified atom stereocenters. The third-order valence-electron chi connectivity index (χ3n) is 2.77. The fraction of sp³-hybridized carbons (Fsp3) is 0.333. The SMILES string of the molecule is CN(C)S(=O)(=O)c1ccc(NCCn2ccnn2)cc1. The van der Waals surface area contributed by atoms with E-state index in [0.717, 1.165) is 5.69 Å². The molecule has 0 saturated heterocycles. The molecule has 0 atom stereocenters. The minimum Gasteiger partial charge on any atom is -0.383 e. The van der Waals surface area contributed by atoms with E-state index >= 15 is 0 Å². The van der Waals surface area contributed by atoms with Gasteiger partial charge in [0, 0.05) is 32.5 Å². The van der Waals surface area contributed by atoms with Crippen molar-refractivity contribution < 1.29 is 8.42 Å². The standard InChI is InChI=1S/C12H17N5O2S/c1-16(2)20(18,19)12-5-3-11(4-6-12)13-7-9-17-10-8-14-15-17/h3-6,8,10,13H,7,9H2,1-2H3. The van der Waals surface area contributed by atoms with Crippen LogP contribution in [0.4, 0.5) is 5.69 Å². The molecule has 108 valence electrons. The highest BCUT2D eigenvalue weighted by Gasteiger charge is 2.16. The zero-order valence-corrected chi connectivity index (χ0v) is 12.2. The Morgan fingerprint density at radius 2 is 1.95 bits per heavy atom. The molecule has 20 heavy (non-hydrogen) atoms. The maximum Gasteiger partial charge on any atom is 0.242 e. The number of benzene rings is 1. The van der Waals surface area contributed by atoms with E-state index in [2.05, 4.69) is 15.6 Å². The van der Waals surface area contributed by atoms with E-state index in [9.17, 15) is 8.42 Å². The Morgan fingerprint density at radius 1 is 1.25 bits per heavy atom. The summed E-state index contributed by atoms with van der Waals surface area (Å²) in [6, 6.07) is 6.68. The van der Waals surface area contributed by atoms with Crippen molar-refractivity contribution in [1.29, 1.82) is 0 Å². The number of aromatic nitrogens is 3. The van der Waals surface area contributed by atoms with Gasteiger partial charge in [0.05, 0.1) is 17.6 Å². The Hall–Kier alpha value is -1.93. The first-order chi connectivity index (χ1) is 9.50. The highest BCUT2D eigenvalue weighted by Crippen LogP contribution is 2.16. The second-order valence-electron chi connectivity index (χ2n) is 4.40. The molecule has 1 aromatic heterocycles. The van der Waals surface area contributed by atoms with Gasteiger partial charge < -0.3 is 5.32 Å². The van der Waals surface area contributed by atoms with Crippen molar-refractivity contribution in [3.05, 3.63) is 36.7 Å². The van der Waals surface area contributed by atoms with Crippen LogP contribution in [0.5, 0.6) is 0 Å². The molecule has 1 heterocycles. The van der Waals surface area contributed by atoms with Crippen LogP contribution in [0.1, 0.15) is 0 Å². The quantitative estimate of drug-likeness (QED) is 0.846. The van der Waals surface area contributed by atoms with Crippen LogP contribution in [-0.4, -0.2) is 48.4 Å². The molecule has 0 aliphatic rings. The van der Waals surface area contributed by atoms with Crippen molar-refractivity contribution in [2.45, 2.75) is 11.4 Å². The molecule has 0 bridgehead atoms. The fourth-order valence-corrected chi connectivity index (χ4v) is 2.52. The summed E-state index contributed by atoms with van der Waals surface area (Å²) in [5.41, 5.74) is 0.864. The van der Waals surface area contributed by atoms with E-state index in [0.29, 0.717) is 13.1 Å². The van der Waals surface area contributed by atoms with Gasteiger partial charge in [0.2, 0.25) is 10.0 Å². The monoisotopic (exact) mass is 295 g/mol. The zero-order valence-electron chi connectivity index (χ0n) is 11.4. The highest BCUT2D eigenvalue weighted by atomic mass is 32.2. The molecule has 7 nitrogen and oxygen atoms in total. The lowest BCUT2D eigenvalue weighted by Gasteiger charge is -2.12. The number of anilines is 1. The molecule has 2 aromatic rings. The number of rotatable bonds is 6. The molecule has 0 fully saturated rings. The van der Waals surface area contributed by atoms with Crippen LogP contribution in [0.15, 0.2) is 41.6 Å². The number of nitrogens with one attached hydrogen (secondary N) is 1. The first kappa shape index (κ1) is 14.5. The fourth-order valence-electron chi connectivity index (χ4n) is 1.62. The molecule has 8 heteroatoms. The lowest BCUT2D eigenvalue weighted by atomic mass is 10.3. The van der Waals surface area contributed by atoms with E-state index in [4.69, 9.17) is 0 Å². The summed E-state index contributed by atoms with van der Waals surface area (Å²) < 4.78 is 26.7. The highest BCUT2D eigenvalue weighted by molar-refractivity contribution is 7.89. The van der Waals surface area contributed by atoms with Gasteiger partial charge in [0.1, 0.15) is 0 Å². The van der Waals surface area contributed by atoms with Crippen molar-refractivity contribution in [2.24, 2.45) is 0 Å². The maximum atomic E-state index is 11.9. The summed E-state index contributed by atoms with van der Waals surface area (Å²) in [5.74, 6) is 0. The summed E-state index contributed by atoms with van der Waals surface area (Å²) in [6.07, 6.45) is 3.41. The van der Waals surface area contributed by atoms with Crippen molar-refractivity contribution in [1.82, 2.24) is 19.3 Å². The molecule has 0 saturated carbocycles. The second-order valence-corrected chi connectivity index (χ2v) is 6.56. The van der Waals surface area contributed by atoms with Gasteiger partial charge in [-0.1, -0.05) is 5.21 Å². The lowest BCUT2D eigenvalue weighted by molar-refractivity contribution is 0.521. The molecule has 0 aliphatic carbocycles. The molecule has 0 amide bonds. The average molecular weight is 295 g/mol. The van der Waals surface area contributed by atoms with Crippen LogP contribution in [-0.2, 0) is 16.6 Å². The molecule has 1 N–H and O–H groups in total. The minimum absolute atomic E-state index is 0.282. The summed E-state index contributed by atoms with van der Waals surface area (Å²) in [4.78, 5) is 0.282. The summed E-state index contributed by atoms with van der Waals surface area (Å²) in [6.45, 7) is 1.38. The van der Waals surface area contributed by atoms with Gasteiger partial charge in [-0.25, -0.2) is 12.7 Å². The molecule has 0 spiro atoms. The third kappa shape index (κ3) is 3.34. The molecule has 0 aliphatic heterocycles. The number of hydrogen-bond donors (Lipinski definition) is 1. The van der Waals surface area contributed by atoms with Gasteiger partial charge in [-0.05, 0) is 24.3 Å². The molecule has 0 radical (unpaired) electrons. The van der Waals surface area contributed by atoms with Gasteiger partial charge in [0.15, 0.2) is 0 Å². The van der Waals surface area contributed by atoms with Crippen LogP contribution < -0.4 is 5.32 Å². The number of nitrogens with zero attached hydrogens (tertiary/aromatic N) is 4. The molecule has 2 rings (SSSR count). The minimum atomic E-state index is -3.37. The first-order valence-electron chi connectivity index (χ1n) is 6.11. The van der Waals surface area contributed by atoms with Crippen LogP contribution in [0.3, 0.4) is 0 Å². The van der Waals surface area contributed by atoms with Crippen LogP contribution >= 0.6 is 0 Å². The Kier molecular flexibility index (Phi) is 4.35. The maximum absolute atomic E-state index is 11.9. The van der Waals surface area contributed by atoms with E-state index in [1.165, 1.54) is 18.4 Å². The van der Waals surface area contributed by atoms with Gasteiger partial charge in [-0.3, -0.25) is 4.68 Å². The number of hydrogen-bond acceptors (Lipinski definition) is 5. The van der Waals surface area contributed by atoms with Gasteiger partial charge in [0.25, 0.3) is 0 Å². The smallest absolute Gasteiger partial charge is 0.242 e. The predicted molar refractivity (Wildman–Crippen MR) is 75.8 cm³/mol. The van der Waals surface area contributed by atoms with Crippen LogP contribution in [0, 0.1) is 0 Å². The van der Waals surface area contributed by atoms with E-state index in [1.54, 1.807) is 41.3 Å². The summed E-state index contributed by atoms with van der Waals surface area (Å²) in [5, 5.41) is 10.8. The second kappa shape index (κ2) is 6.02. The molecule has 1 aromatic carbocycles. The van der Waals surface area contributed by atoms with E-state index in [-0.39, 0.29) is 4.90 Å². The first-order valence-corrected chi connectivity index (χ1v) is 7.55. The number of sulfonamides is 1. The Balaban J connectivity index is 1.95. The topological polar surface area (TPSA) is 80.1 Å². The molecular weight excluding hydrogens is 278 g/mol. The van der Waals surface area contributed by atoms with Crippen molar-refractivity contribution >= 4 is 15.7 Å². The lowest BCUT2D eigenvalue weighted by Crippen LogP contribution is -2.22. The third-order valence-corrected chi connectivity index (χ3v) is 4.60. The van der Waals surface area contributed by atoms with E-state index in [1.807, 2.05) is 0 Å². The Morgan fingerprint density at radius 3 is 2.50 bits per heavy atom. The molecular formula is C12H17N5O2S. The van der Waals surface area contributed by atoms with Crippen molar-refractivity contribution in [2.75, 3.05) is 26.0 Å².